The van der Waals surface area contributed by atoms with Crippen molar-refractivity contribution in [3.05, 3.63) is 70.8 Å². The van der Waals surface area contributed by atoms with Gasteiger partial charge in [-0.3, -0.25) is 0 Å². The Morgan fingerprint density at radius 3 is 2.22 bits per heavy atom. The van der Waals surface area contributed by atoms with Gasteiger partial charge in [-0.05, 0) is 47.9 Å². The van der Waals surface area contributed by atoms with E-state index in [2.05, 4.69) is 66.1 Å². The van der Waals surface area contributed by atoms with Crippen LogP contribution in [0.2, 0.25) is 0 Å². The van der Waals surface area contributed by atoms with Gasteiger partial charge in [0.25, 0.3) is 0 Å². The van der Waals surface area contributed by atoms with Crippen LogP contribution in [0.4, 0.5) is 0 Å². The third-order valence-electron chi connectivity index (χ3n) is 4.70. The average Bonchev–Trinajstić information content (AvgIpc) is 3.09. The molecule has 0 bridgehead atoms. The predicted octanol–water partition coefficient (Wildman–Crippen LogP) is 3.49. The fourth-order valence-electron chi connectivity index (χ4n) is 3.30. The maximum Gasteiger partial charge on any atom is 0.0614 e. The van der Waals surface area contributed by atoms with Crippen LogP contribution in [-0.4, -0.2) is 19.3 Å². The van der Waals surface area contributed by atoms with E-state index in [0.29, 0.717) is 6.17 Å². The van der Waals surface area contributed by atoms with E-state index in [1.165, 1.54) is 35.1 Å². The Hall–Kier alpha value is -1.64. The molecular weight excluding hydrogens is 280 g/mol. The first-order valence-electron chi connectivity index (χ1n) is 8.96. The Kier molecular flexibility index (Phi) is 5.84. The standard InChI is InChI=1S/C21H28N2/c1-2-17-9-11-18(12-10-17)5-3-6-19-7-4-8-20(15-19)16-21-22-13-14-23-21/h4,7-12,15,21-23H,2-3,5-6,13-14,16H2,1H3. The average molecular weight is 308 g/mol. The number of hydrogen-bond donors (Lipinski definition) is 2. The van der Waals surface area contributed by atoms with Crippen LogP contribution in [0.3, 0.4) is 0 Å². The number of aryl methyl sites for hydroxylation is 3. The molecule has 1 aliphatic heterocycles. The Morgan fingerprint density at radius 2 is 1.48 bits per heavy atom. The second-order valence-electron chi connectivity index (χ2n) is 6.51. The van der Waals surface area contributed by atoms with Crippen LogP contribution < -0.4 is 10.6 Å². The van der Waals surface area contributed by atoms with Gasteiger partial charge in [0.15, 0.2) is 0 Å². The van der Waals surface area contributed by atoms with E-state index >= 15 is 0 Å². The largest absolute Gasteiger partial charge is 0.300 e. The maximum atomic E-state index is 3.49. The zero-order valence-corrected chi connectivity index (χ0v) is 14.1. The normalized spacial score (nSPS) is 15.2. The van der Waals surface area contributed by atoms with E-state index < -0.39 is 0 Å². The van der Waals surface area contributed by atoms with Crippen molar-refractivity contribution in [2.24, 2.45) is 0 Å². The quantitative estimate of drug-likeness (QED) is 0.818. The van der Waals surface area contributed by atoms with Crippen LogP contribution in [0.15, 0.2) is 48.5 Å². The topological polar surface area (TPSA) is 24.1 Å². The molecule has 2 N–H and O–H groups in total. The van der Waals surface area contributed by atoms with Crippen LogP contribution in [0.1, 0.15) is 35.6 Å². The van der Waals surface area contributed by atoms with Gasteiger partial charge in [-0.15, -0.1) is 0 Å². The van der Waals surface area contributed by atoms with Gasteiger partial charge in [0, 0.05) is 19.5 Å². The number of hydrogen-bond acceptors (Lipinski definition) is 2. The van der Waals surface area contributed by atoms with Crippen LogP contribution in [0.5, 0.6) is 0 Å². The van der Waals surface area contributed by atoms with E-state index in [4.69, 9.17) is 0 Å². The Morgan fingerprint density at radius 1 is 0.826 bits per heavy atom. The Bertz CT molecular complexity index is 597. The zero-order valence-electron chi connectivity index (χ0n) is 14.1. The minimum Gasteiger partial charge on any atom is -0.300 e. The first-order valence-corrected chi connectivity index (χ1v) is 8.96. The van der Waals surface area contributed by atoms with E-state index in [1.54, 1.807) is 0 Å². The van der Waals surface area contributed by atoms with Crippen LogP contribution in [-0.2, 0) is 25.7 Å². The lowest BCUT2D eigenvalue weighted by molar-refractivity contribution is 0.551. The lowest BCUT2D eigenvalue weighted by atomic mass is 10.00. The van der Waals surface area contributed by atoms with Crippen molar-refractivity contribution in [3.8, 4) is 0 Å². The molecule has 0 aromatic heterocycles. The van der Waals surface area contributed by atoms with Crippen molar-refractivity contribution >= 4 is 0 Å². The molecule has 0 unspecified atom stereocenters. The lowest BCUT2D eigenvalue weighted by Gasteiger charge is -2.12. The maximum absolute atomic E-state index is 3.49. The third kappa shape index (κ3) is 4.92. The molecule has 2 aromatic carbocycles. The van der Waals surface area contributed by atoms with Gasteiger partial charge in [0.1, 0.15) is 0 Å². The molecule has 0 saturated carbocycles. The summed E-state index contributed by atoms with van der Waals surface area (Å²) >= 11 is 0. The highest BCUT2D eigenvalue weighted by Crippen LogP contribution is 2.13. The molecule has 122 valence electrons. The summed E-state index contributed by atoms with van der Waals surface area (Å²) < 4.78 is 0. The molecule has 2 heteroatoms. The van der Waals surface area contributed by atoms with Gasteiger partial charge in [0.05, 0.1) is 6.17 Å². The molecule has 0 atom stereocenters. The summed E-state index contributed by atoms with van der Waals surface area (Å²) in [7, 11) is 0. The van der Waals surface area contributed by atoms with Gasteiger partial charge in [-0.1, -0.05) is 55.5 Å². The van der Waals surface area contributed by atoms with E-state index in [1.807, 2.05) is 0 Å². The summed E-state index contributed by atoms with van der Waals surface area (Å²) in [5.41, 5.74) is 5.78. The minimum absolute atomic E-state index is 0.447. The van der Waals surface area contributed by atoms with Crippen molar-refractivity contribution in [2.75, 3.05) is 13.1 Å². The monoisotopic (exact) mass is 308 g/mol. The first kappa shape index (κ1) is 16.2. The van der Waals surface area contributed by atoms with E-state index in [0.717, 1.165) is 32.4 Å². The molecule has 2 aromatic rings. The Balaban J connectivity index is 1.49. The summed E-state index contributed by atoms with van der Waals surface area (Å²) in [6.07, 6.45) is 6.19. The van der Waals surface area contributed by atoms with Crippen molar-refractivity contribution in [1.29, 1.82) is 0 Å². The number of rotatable bonds is 7. The minimum atomic E-state index is 0.447. The number of benzene rings is 2. The van der Waals surface area contributed by atoms with Gasteiger partial charge < -0.3 is 10.6 Å². The van der Waals surface area contributed by atoms with Crippen molar-refractivity contribution in [3.63, 3.8) is 0 Å². The van der Waals surface area contributed by atoms with Gasteiger partial charge in [-0.2, -0.15) is 0 Å². The highest BCUT2D eigenvalue weighted by molar-refractivity contribution is 5.25. The molecule has 2 nitrogen and oxygen atoms in total. The summed E-state index contributed by atoms with van der Waals surface area (Å²) in [5.74, 6) is 0. The molecule has 1 heterocycles. The molecule has 1 aliphatic rings. The highest BCUT2D eigenvalue weighted by atomic mass is 15.2. The van der Waals surface area contributed by atoms with Crippen molar-refractivity contribution in [1.82, 2.24) is 10.6 Å². The molecule has 1 saturated heterocycles. The fourth-order valence-corrected chi connectivity index (χ4v) is 3.30. The molecule has 0 aliphatic carbocycles. The van der Waals surface area contributed by atoms with Gasteiger partial charge in [-0.25, -0.2) is 0 Å². The van der Waals surface area contributed by atoms with E-state index in [-0.39, 0.29) is 0 Å². The second kappa shape index (κ2) is 8.28. The predicted molar refractivity (Wildman–Crippen MR) is 97.8 cm³/mol. The molecular formula is C21H28N2. The smallest absolute Gasteiger partial charge is 0.0614 e. The summed E-state index contributed by atoms with van der Waals surface area (Å²) in [6, 6.07) is 18.2. The first-order chi connectivity index (χ1) is 11.3. The lowest BCUT2D eigenvalue weighted by Crippen LogP contribution is -2.33. The SMILES string of the molecule is CCc1ccc(CCCc2cccc(CC3NCCN3)c2)cc1. The summed E-state index contributed by atoms with van der Waals surface area (Å²) in [6.45, 7) is 4.38. The number of nitrogens with one attached hydrogen (secondary N) is 2. The summed E-state index contributed by atoms with van der Waals surface area (Å²) in [4.78, 5) is 0. The van der Waals surface area contributed by atoms with Crippen LogP contribution in [0, 0.1) is 0 Å². The molecule has 23 heavy (non-hydrogen) atoms. The van der Waals surface area contributed by atoms with Crippen molar-refractivity contribution < 1.29 is 0 Å². The van der Waals surface area contributed by atoms with Crippen LogP contribution >= 0.6 is 0 Å². The molecule has 0 amide bonds. The Labute approximate surface area is 140 Å². The van der Waals surface area contributed by atoms with Crippen LogP contribution in [0.25, 0.3) is 0 Å². The van der Waals surface area contributed by atoms with Crippen molar-refractivity contribution in [2.45, 2.75) is 45.2 Å². The molecule has 3 rings (SSSR count). The molecule has 0 radical (unpaired) electrons. The fraction of sp³-hybridized carbons (Fsp3) is 0.429. The second-order valence-corrected chi connectivity index (χ2v) is 6.51. The molecule has 1 fully saturated rings. The zero-order chi connectivity index (χ0) is 15.9. The summed E-state index contributed by atoms with van der Waals surface area (Å²) in [5, 5.41) is 6.97. The van der Waals surface area contributed by atoms with E-state index in [9.17, 15) is 0 Å². The highest BCUT2D eigenvalue weighted by Gasteiger charge is 2.13. The molecule has 0 spiro atoms. The van der Waals surface area contributed by atoms with Gasteiger partial charge >= 0.3 is 0 Å². The third-order valence-corrected chi connectivity index (χ3v) is 4.70. The van der Waals surface area contributed by atoms with Gasteiger partial charge in [0.2, 0.25) is 0 Å².